The van der Waals surface area contributed by atoms with Crippen LogP contribution in [-0.2, 0) is 4.74 Å². The number of anilines is 1. The largest absolute Gasteiger partial charge is 0.394 e. The van der Waals surface area contributed by atoms with Crippen molar-refractivity contribution in [3.8, 4) is 0 Å². The molecule has 0 spiro atoms. The van der Waals surface area contributed by atoms with Crippen LogP contribution in [0.25, 0.3) is 22.3 Å². The molecule has 14 nitrogen and oxygen atoms in total. The van der Waals surface area contributed by atoms with Crippen molar-refractivity contribution in [3.05, 3.63) is 34.0 Å². The fourth-order valence-electron chi connectivity index (χ4n) is 3.36. The van der Waals surface area contributed by atoms with Crippen LogP contribution in [0.2, 0.25) is 0 Å². The predicted molar refractivity (Wildman–Crippen MR) is 110 cm³/mol. The lowest BCUT2D eigenvalue weighted by Gasteiger charge is -2.17. The molecule has 4 aromatic heterocycles. The summed E-state index contributed by atoms with van der Waals surface area (Å²) >= 11 is 6.19. The number of aromatic amines is 1. The predicted octanol–water partition coefficient (Wildman–Crippen LogP) is -1.45. The minimum atomic E-state index is -1.40. The average Bonchev–Trinajstić information content (AvgIpc) is 3.40. The number of imidazole rings is 2. The molecule has 4 aromatic rings. The van der Waals surface area contributed by atoms with E-state index in [4.69, 9.17) is 22.7 Å². The van der Waals surface area contributed by atoms with Gasteiger partial charge in [0.2, 0.25) is 5.95 Å². The van der Waals surface area contributed by atoms with Gasteiger partial charge in [-0.25, -0.2) is 18.9 Å². The molecule has 162 valence electrons. The van der Waals surface area contributed by atoms with Gasteiger partial charge in [0.05, 0.1) is 24.9 Å². The number of nitrogens with one attached hydrogen (secondary N) is 1. The zero-order valence-corrected chi connectivity index (χ0v) is 17.1. The van der Waals surface area contributed by atoms with Crippen LogP contribution < -0.4 is 11.3 Å². The first-order valence-corrected chi connectivity index (χ1v) is 10.0. The Kier molecular flexibility index (Phi) is 4.76. The van der Waals surface area contributed by atoms with Crippen LogP contribution in [0.15, 0.2) is 23.6 Å². The Balaban J connectivity index is 1.61. The number of hydrogen-bond donors (Lipinski definition) is 5. The highest BCUT2D eigenvalue weighted by atomic mass is 32.2. The number of fused-ring (bicyclic) bond motifs is 2. The number of aromatic nitrogens is 8. The van der Waals surface area contributed by atoms with E-state index in [1.54, 1.807) is 0 Å². The highest BCUT2D eigenvalue weighted by Crippen LogP contribution is 2.32. The number of ether oxygens (including phenoxy) is 1. The van der Waals surface area contributed by atoms with E-state index < -0.39 is 36.7 Å². The van der Waals surface area contributed by atoms with E-state index in [9.17, 15) is 20.1 Å². The van der Waals surface area contributed by atoms with Crippen LogP contribution in [0.5, 0.6) is 0 Å². The summed E-state index contributed by atoms with van der Waals surface area (Å²) in [6.45, 7) is -0.508. The van der Waals surface area contributed by atoms with Gasteiger partial charge in [-0.3, -0.25) is 9.36 Å². The van der Waals surface area contributed by atoms with E-state index in [2.05, 4.69) is 24.9 Å². The molecule has 6 N–H and O–H groups in total. The van der Waals surface area contributed by atoms with Crippen molar-refractivity contribution in [1.29, 1.82) is 0 Å². The molecule has 0 aliphatic carbocycles. The molecule has 4 atom stereocenters. The number of nitrogen functional groups attached to an aromatic ring is 1. The second-order valence-electron chi connectivity index (χ2n) is 6.68. The zero-order valence-electron chi connectivity index (χ0n) is 15.4. The Bertz CT molecular complexity index is 1410. The van der Waals surface area contributed by atoms with Crippen molar-refractivity contribution >= 4 is 52.6 Å². The van der Waals surface area contributed by atoms with Gasteiger partial charge in [0.25, 0.3) is 5.56 Å². The van der Waals surface area contributed by atoms with Crippen LogP contribution in [-0.4, -0.2) is 77.7 Å². The van der Waals surface area contributed by atoms with Crippen LogP contribution >= 0.6 is 24.4 Å². The van der Waals surface area contributed by atoms with Crippen molar-refractivity contribution in [2.24, 2.45) is 0 Å². The smallest absolute Gasteiger partial charge is 0.292 e. The van der Waals surface area contributed by atoms with E-state index in [1.807, 2.05) is 0 Å². The van der Waals surface area contributed by atoms with Crippen molar-refractivity contribution in [3.63, 3.8) is 0 Å². The zero-order chi connectivity index (χ0) is 21.9. The maximum atomic E-state index is 13.1. The second kappa shape index (κ2) is 7.36. The Labute approximate surface area is 181 Å². The fraction of sp³-hybridized carbons (Fsp3) is 0.333. The molecule has 0 saturated carbocycles. The third kappa shape index (κ3) is 3.03. The molecule has 0 aromatic carbocycles. The third-order valence-corrected chi connectivity index (χ3v) is 6.11. The van der Waals surface area contributed by atoms with Crippen molar-refractivity contribution in [2.75, 3.05) is 12.3 Å². The van der Waals surface area contributed by atoms with Gasteiger partial charge < -0.3 is 30.8 Å². The van der Waals surface area contributed by atoms with Crippen molar-refractivity contribution in [1.82, 2.24) is 37.4 Å². The summed E-state index contributed by atoms with van der Waals surface area (Å²) < 4.78 is 9.44. The minimum Gasteiger partial charge on any atom is -0.394 e. The monoisotopic (exact) mass is 465 g/mol. The normalized spacial score (nSPS) is 23.8. The number of hydrogen-bond acceptors (Lipinski definition) is 12. The maximum absolute atomic E-state index is 13.1. The Hall–Kier alpha value is -2.89. The second-order valence-corrected chi connectivity index (χ2v) is 7.99. The van der Waals surface area contributed by atoms with Gasteiger partial charge in [-0.15, -0.1) is 0 Å². The van der Waals surface area contributed by atoms with Gasteiger partial charge in [0.15, 0.2) is 27.8 Å². The fourth-order valence-corrected chi connectivity index (χ4v) is 4.43. The topological polar surface area (TPSA) is 195 Å². The van der Waals surface area contributed by atoms with Gasteiger partial charge in [0.1, 0.15) is 36.5 Å². The molecule has 1 saturated heterocycles. The molecule has 2 unspecified atom stereocenters. The van der Waals surface area contributed by atoms with Crippen LogP contribution in [0.4, 0.5) is 5.95 Å². The van der Waals surface area contributed by atoms with Gasteiger partial charge in [-0.1, -0.05) is 0 Å². The van der Waals surface area contributed by atoms with E-state index >= 15 is 0 Å². The minimum absolute atomic E-state index is 0.0171. The summed E-state index contributed by atoms with van der Waals surface area (Å²) in [6.07, 6.45) is -0.578. The number of aliphatic hydroxyl groups excluding tert-OH is 3. The number of H-pyrrole nitrogens is 1. The number of nitrogens with two attached hydrogens (primary N) is 1. The van der Waals surface area contributed by atoms with Gasteiger partial charge in [-0.2, -0.15) is 8.96 Å². The summed E-state index contributed by atoms with van der Waals surface area (Å²) in [6, 6.07) is 0. The Morgan fingerprint density at radius 1 is 1.29 bits per heavy atom. The van der Waals surface area contributed by atoms with E-state index in [0.717, 1.165) is 16.1 Å². The molecule has 1 aliphatic heterocycles. The summed E-state index contributed by atoms with van der Waals surface area (Å²) in [5.41, 5.74) is 6.56. The number of nitrogens with zero attached hydrogens (tertiary/aromatic N) is 7. The standard InChI is InChI=1S/C15H15N9O5S2/c16-14-21-11-7(20-15(30)23(11)13-9(27)8(26)6(2-25)29-13)12(28)24(14)31-22-4-19-5-1-17-3-18-10(5)22/h1,3-4,6,8-9,13,25-27H,2H2,(H2,16,21)(H,20,30)/t6-,8?,9?,13-/m1/s1. The molecule has 1 aliphatic rings. The van der Waals surface area contributed by atoms with Crippen LogP contribution in [0, 0.1) is 4.77 Å². The Morgan fingerprint density at radius 2 is 2.10 bits per heavy atom. The molecule has 5 heterocycles. The summed E-state index contributed by atoms with van der Waals surface area (Å²) in [7, 11) is 0. The molecule has 16 heteroatoms. The molecule has 0 radical (unpaired) electrons. The maximum Gasteiger partial charge on any atom is 0.292 e. The quantitative estimate of drug-likeness (QED) is 0.220. The van der Waals surface area contributed by atoms with E-state index in [-0.39, 0.29) is 21.9 Å². The first-order chi connectivity index (χ1) is 14.9. The summed E-state index contributed by atoms with van der Waals surface area (Å²) in [4.78, 5) is 32.3. The third-order valence-electron chi connectivity index (χ3n) is 4.85. The molecule has 1 fully saturated rings. The molecule has 0 amide bonds. The molecular weight excluding hydrogens is 450 g/mol. The SMILES string of the molecule is Nc1nc2c([nH]c(=S)n2[C@@H]2O[C@H](CO)C(O)C2O)c(=O)n1Sn1cnc2cncnc21. The first kappa shape index (κ1) is 20.0. The molecule has 0 bridgehead atoms. The van der Waals surface area contributed by atoms with E-state index in [0.29, 0.717) is 11.2 Å². The van der Waals surface area contributed by atoms with Gasteiger partial charge in [-0.05, 0) is 12.2 Å². The number of aliphatic hydroxyl groups is 3. The van der Waals surface area contributed by atoms with E-state index in [1.165, 1.54) is 27.4 Å². The lowest BCUT2D eigenvalue weighted by molar-refractivity contribution is -0.0516. The van der Waals surface area contributed by atoms with Gasteiger partial charge in [0, 0.05) is 0 Å². The highest BCUT2D eigenvalue weighted by molar-refractivity contribution is 7.96. The Morgan fingerprint density at radius 3 is 2.84 bits per heavy atom. The van der Waals surface area contributed by atoms with Crippen LogP contribution in [0.3, 0.4) is 0 Å². The first-order valence-electron chi connectivity index (χ1n) is 8.87. The molecule has 5 rings (SSSR count). The van der Waals surface area contributed by atoms with Crippen molar-refractivity contribution < 1.29 is 20.1 Å². The van der Waals surface area contributed by atoms with Crippen molar-refractivity contribution in [2.45, 2.75) is 24.5 Å². The molecular formula is C15H15N9O5S2. The van der Waals surface area contributed by atoms with Gasteiger partial charge >= 0.3 is 0 Å². The average molecular weight is 465 g/mol. The lowest BCUT2D eigenvalue weighted by Crippen LogP contribution is -2.33. The summed E-state index contributed by atoms with van der Waals surface area (Å²) in [5, 5.41) is 29.7. The lowest BCUT2D eigenvalue weighted by atomic mass is 10.1. The molecule has 31 heavy (non-hydrogen) atoms. The van der Waals surface area contributed by atoms with Crippen LogP contribution in [0.1, 0.15) is 6.23 Å². The number of rotatable bonds is 4. The highest BCUT2D eigenvalue weighted by Gasteiger charge is 2.44. The summed E-state index contributed by atoms with van der Waals surface area (Å²) in [5.74, 6) is -0.159.